The second-order valence-corrected chi connectivity index (χ2v) is 7.75. The Morgan fingerprint density at radius 3 is 2.62 bits per heavy atom. The van der Waals surface area contributed by atoms with Crippen molar-refractivity contribution in [1.29, 1.82) is 0 Å². The van der Waals surface area contributed by atoms with Gasteiger partial charge in [-0.3, -0.25) is 4.79 Å². The highest BCUT2D eigenvalue weighted by molar-refractivity contribution is 5.76. The number of carbonyl (C=O) groups is 1. The molecule has 1 aromatic carbocycles. The van der Waals surface area contributed by atoms with Crippen molar-refractivity contribution in [3.05, 3.63) is 29.8 Å². The van der Waals surface area contributed by atoms with Crippen LogP contribution in [-0.2, 0) is 4.79 Å². The molecule has 1 fully saturated rings. The number of likely N-dealkylation sites (tertiary alicyclic amines) is 1. The Morgan fingerprint density at radius 2 is 1.96 bits per heavy atom. The maximum absolute atomic E-state index is 12.2. The number of hydrogen-bond donors (Lipinski definition) is 1. The summed E-state index contributed by atoms with van der Waals surface area (Å²) < 4.78 is 5.71. The highest BCUT2D eigenvalue weighted by atomic mass is 16.5. The summed E-state index contributed by atoms with van der Waals surface area (Å²) in [7, 11) is 0. The number of piperidine rings is 1. The summed E-state index contributed by atoms with van der Waals surface area (Å²) in [4.78, 5) is 14.7. The SMILES string of the molecule is Cc1ccccc1OCCC(=O)NC(C)(C)CN1CCC(C)CC1. The van der Waals surface area contributed by atoms with E-state index in [0.717, 1.165) is 36.9 Å². The number of benzene rings is 1. The monoisotopic (exact) mass is 332 g/mol. The maximum atomic E-state index is 12.2. The van der Waals surface area contributed by atoms with Gasteiger partial charge in [0.2, 0.25) is 5.91 Å². The van der Waals surface area contributed by atoms with Gasteiger partial charge in [0.1, 0.15) is 5.75 Å². The number of ether oxygens (including phenoxy) is 1. The normalized spacial score (nSPS) is 16.8. The molecule has 0 bridgehead atoms. The molecule has 1 N–H and O–H groups in total. The minimum Gasteiger partial charge on any atom is -0.493 e. The van der Waals surface area contributed by atoms with E-state index >= 15 is 0 Å². The van der Waals surface area contributed by atoms with E-state index in [1.54, 1.807) is 0 Å². The van der Waals surface area contributed by atoms with E-state index in [-0.39, 0.29) is 11.4 Å². The van der Waals surface area contributed by atoms with Crippen LogP contribution in [-0.4, -0.2) is 42.6 Å². The van der Waals surface area contributed by atoms with Gasteiger partial charge in [-0.05, 0) is 64.3 Å². The predicted molar refractivity (Wildman–Crippen MR) is 98.4 cm³/mol. The quantitative estimate of drug-likeness (QED) is 0.832. The first kappa shape index (κ1) is 18.8. The minimum absolute atomic E-state index is 0.0546. The van der Waals surface area contributed by atoms with Crippen LogP contribution in [0.2, 0.25) is 0 Å². The zero-order valence-corrected chi connectivity index (χ0v) is 15.6. The summed E-state index contributed by atoms with van der Waals surface area (Å²) in [5, 5.41) is 3.16. The Hall–Kier alpha value is -1.55. The van der Waals surface area contributed by atoms with Crippen molar-refractivity contribution in [3.8, 4) is 5.75 Å². The van der Waals surface area contributed by atoms with E-state index in [1.807, 2.05) is 31.2 Å². The number of hydrogen-bond acceptors (Lipinski definition) is 3. The molecule has 0 spiro atoms. The summed E-state index contributed by atoms with van der Waals surface area (Å²) in [6, 6.07) is 7.89. The molecule has 2 rings (SSSR count). The molecule has 1 saturated heterocycles. The molecule has 24 heavy (non-hydrogen) atoms. The van der Waals surface area contributed by atoms with Crippen LogP contribution in [0.4, 0.5) is 0 Å². The van der Waals surface area contributed by atoms with Crippen LogP contribution in [0.3, 0.4) is 0 Å². The van der Waals surface area contributed by atoms with Crippen molar-refractivity contribution in [2.75, 3.05) is 26.2 Å². The first-order chi connectivity index (χ1) is 11.4. The Labute approximate surface area is 146 Å². The molecule has 1 aliphatic rings. The molecule has 4 heteroatoms. The molecular formula is C20H32N2O2. The molecule has 0 unspecified atom stereocenters. The third-order valence-corrected chi connectivity index (χ3v) is 4.65. The van der Waals surface area contributed by atoms with Gasteiger partial charge in [-0.25, -0.2) is 0 Å². The molecular weight excluding hydrogens is 300 g/mol. The molecule has 1 amide bonds. The fraction of sp³-hybridized carbons (Fsp3) is 0.650. The molecule has 1 aromatic rings. The molecule has 134 valence electrons. The first-order valence-corrected chi connectivity index (χ1v) is 9.07. The zero-order chi connectivity index (χ0) is 17.6. The molecule has 0 aromatic heterocycles. The molecule has 1 heterocycles. The van der Waals surface area contributed by atoms with Gasteiger partial charge in [0.05, 0.1) is 13.0 Å². The highest BCUT2D eigenvalue weighted by Gasteiger charge is 2.25. The number of amides is 1. The smallest absolute Gasteiger partial charge is 0.223 e. The maximum Gasteiger partial charge on any atom is 0.223 e. The molecule has 0 radical (unpaired) electrons. The second kappa shape index (κ2) is 8.52. The van der Waals surface area contributed by atoms with Crippen LogP contribution in [0.5, 0.6) is 5.75 Å². The zero-order valence-electron chi connectivity index (χ0n) is 15.6. The first-order valence-electron chi connectivity index (χ1n) is 9.07. The fourth-order valence-corrected chi connectivity index (χ4v) is 3.23. The number of aryl methyl sites for hydroxylation is 1. The lowest BCUT2D eigenvalue weighted by molar-refractivity contribution is -0.123. The molecule has 1 aliphatic heterocycles. The van der Waals surface area contributed by atoms with E-state index in [4.69, 9.17) is 4.74 Å². The van der Waals surface area contributed by atoms with Crippen molar-refractivity contribution in [1.82, 2.24) is 10.2 Å². The number of nitrogens with one attached hydrogen (secondary N) is 1. The van der Waals surface area contributed by atoms with Crippen LogP contribution < -0.4 is 10.1 Å². The fourth-order valence-electron chi connectivity index (χ4n) is 3.23. The lowest BCUT2D eigenvalue weighted by Gasteiger charge is -2.37. The van der Waals surface area contributed by atoms with Crippen molar-refractivity contribution in [3.63, 3.8) is 0 Å². The highest BCUT2D eigenvalue weighted by Crippen LogP contribution is 2.18. The van der Waals surface area contributed by atoms with E-state index in [9.17, 15) is 4.79 Å². The standard InChI is InChI=1S/C20H32N2O2/c1-16-9-12-22(13-10-16)15-20(3,4)21-19(23)11-14-24-18-8-6-5-7-17(18)2/h5-8,16H,9-15H2,1-4H3,(H,21,23). The van der Waals surface area contributed by atoms with Crippen LogP contribution in [0.25, 0.3) is 0 Å². The second-order valence-electron chi connectivity index (χ2n) is 7.75. The van der Waals surface area contributed by atoms with Gasteiger partial charge in [-0.2, -0.15) is 0 Å². The number of nitrogens with zero attached hydrogens (tertiary/aromatic N) is 1. The largest absolute Gasteiger partial charge is 0.493 e. The summed E-state index contributed by atoms with van der Waals surface area (Å²) in [5.74, 6) is 1.74. The number of para-hydroxylation sites is 1. The van der Waals surface area contributed by atoms with Gasteiger partial charge < -0.3 is 15.0 Å². The van der Waals surface area contributed by atoms with Crippen LogP contribution >= 0.6 is 0 Å². The van der Waals surface area contributed by atoms with Crippen molar-refractivity contribution < 1.29 is 9.53 Å². The van der Waals surface area contributed by atoms with Crippen molar-refractivity contribution in [2.45, 2.75) is 52.5 Å². The van der Waals surface area contributed by atoms with Gasteiger partial charge in [0.25, 0.3) is 0 Å². The number of carbonyl (C=O) groups excluding carboxylic acids is 1. The average molecular weight is 332 g/mol. The van der Waals surface area contributed by atoms with E-state index in [0.29, 0.717) is 13.0 Å². The van der Waals surface area contributed by atoms with Gasteiger partial charge in [-0.15, -0.1) is 0 Å². The third kappa shape index (κ3) is 6.16. The summed E-state index contributed by atoms with van der Waals surface area (Å²) in [6.07, 6.45) is 2.90. The Kier molecular flexibility index (Phi) is 6.67. The molecule has 0 saturated carbocycles. The molecule has 0 atom stereocenters. The van der Waals surface area contributed by atoms with Gasteiger partial charge in [0.15, 0.2) is 0 Å². The average Bonchev–Trinajstić information content (AvgIpc) is 2.51. The van der Waals surface area contributed by atoms with Gasteiger partial charge in [-0.1, -0.05) is 25.1 Å². The summed E-state index contributed by atoms with van der Waals surface area (Å²) in [6.45, 7) is 12.1. The number of rotatable bonds is 7. The lowest BCUT2D eigenvalue weighted by atomic mass is 9.96. The van der Waals surface area contributed by atoms with E-state index < -0.39 is 0 Å². The van der Waals surface area contributed by atoms with E-state index in [2.05, 4.69) is 31.0 Å². The van der Waals surface area contributed by atoms with Crippen LogP contribution in [0.15, 0.2) is 24.3 Å². The predicted octanol–water partition coefficient (Wildman–Crippen LogP) is 3.39. The third-order valence-electron chi connectivity index (χ3n) is 4.65. The van der Waals surface area contributed by atoms with Gasteiger partial charge in [0, 0.05) is 12.1 Å². The van der Waals surface area contributed by atoms with Crippen molar-refractivity contribution in [2.24, 2.45) is 5.92 Å². The summed E-state index contributed by atoms with van der Waals surface area (Å²) in [5.41, 5.74) is 0.887. The lowest BCUT2D eigenvalue weighted by Crippen LogP contribution is -2.53. The minimum atomic E-state index is -0.208. The van der Waals surface area contributed by atoms with E-state index in [1.165, 1.54) is 12.8 Å². The Morgan fingerprint density at radius 1 is 1.29 bits per heavy atom. The molecule has 4 nitrogen and oxygen atoms in total. The Bertz CT molecular complexity index is 534. The molecule has 0 aliphatic carbocycles. The van der Waals surface area contributed by atoms with Crippen LogP contribution in [0, 0.1) is 12.8 Å². The summed E-state index contributed by atoms with van der Waals surface area (Å²) >= 11 is 0. The topological polar surface area (TPSA) is 41.6 Å². The van der Waals surface area contributed by atoms with Crippen molar-refractivity contribution >= 4 is 5.91 Å². The van der Waals surface area contributed by atoms with Gasteiger partial charge >= 0.3 is 0 Å². The Balaban J connectivity index is 1.71. The van der Waals surface area contributed by atoms with Crippen LogP contribution in [0.1, 0.15) is 45.6 Å².